The minimum absolute atomic E-state index is 0.534. The van der Waals surface area contributed by atoms with E-state index >= 15 is 0 Å². The number of rotatable bonds is 5. The van der Waals surface area contributed by atoms with Crippen LogP contribution < -0.4 is 4.74 Å². The molecule has 0 radical (unpaired) electrons. The Morgan fingerprint density at radius 2 is 2.00 bits per heavy atom. The highest BCUT2D eigenvalue weighted by molar-refractivity contribution is 9.10. The van der Waals surface area contributed by atoms with Crippen molar-refractivity contribution in [1.82, 2.24) is 4.90 Å². The quantitative estimate of drug-likeness (QED) is 0.818. The maximum atomic E-state index is 5.90. The van der Waals surface area contributed by atoms with Crippen molar-refractivity contribution in [3.05, 3.63) is 28.2 Å². The van der Waals surface area contributed by atoms with E-state index < -0.39 is 0 Å². The molecule has 0 saturated heterocycles. The standard InChI is InChI=1S/C15H22BrNO/c1-3-7-17(8-4-2)14-10-12-9-13(16)5-6-15(12)18-11-14/h5-6,9,14H,3-4,7-8,10-11H2,1-2H3. The summed E-state index contributed by atoms with van der Waals surface area (Å²) in [5.41, 5.74) is 1.33. The van der Waals surface area contributed by atoms with E-state index in [1.54, 1.807) is 0 Å². The van der Waals surface area contributed by atoms with Crippen molar-refractivity contribution in [3.8, 4) is 5.75 Å². The minimum atomic E-state index is 0.534. The molecule has 0 aromatic heterocycles. The predicted octanol–water partition coefficient (Wildman–Crippen LogP) is 3.87. The van der Waals surface area contributed by atoms with Gasteiger partial charge in [0.1, 0.15) is 12.4 Å². The second-order valence-corrected chi connectivity index (χ2v) is 5.87. The van der Waals surface area contributed by atoms with Crippen molar-refractivity contribution < 1.29 is 4.74 Å². The fourth-order valence-electron chi connectivity index (χ4n) is 2.63. The summed E-state index contributed by atoms with van der Waals surface area (Å²) >= 11 is 3.54. The third-order valence-corrected chi connectivity index (χ3v) is 3.94. The largest absolute Gasteiger partial charge is 0.492 e. The third kappa shape index (κ3) is 3.27. The van der Waals surface area contributed by atoms with E-state index in [1.165, 1.54) is 31.5 Å². The molecule has 0 saturated carbocycles. The number of halogens is 1. The van der Waals surface area contributed by atoms with Gasteiger partial charge in [0, 0.05) is 10.5 Å². The monoisotopic (exact) mass is 311 g/mol. The SMILES string of the molecule is CCCN(CCC)C1COc2ccc(Br)cc2C1. The number of benzene rings is 1. The van der Waals surface area contributed by atoms with Gasteiger partial charge >= 0.3 is 0 Å². The number of ether oxygens (including phenoxy) is 1. The summed E-state index contributed by atoms with van der Waals surface area (Å²) in [4.78, 5) is 2.57. The number of nitrogens with zero attached hydrogens (tertiary/aromatic N) is 1. The molecule has 1 aromatic carbocycles. The van der Waals surface area contributed by atoms with Crippen LogP contribution in [0.15, 0.2) is 22.7 Å². The molecule has 0 spiro atoms. The van der Waals surface area contributed by atoms with Crippen molar-refractivity contribution in [1.29, 1.82) is 0 Å². The maximum Gasteiger partial charge on any atom is 0.122 e. The highest BCUT2D eigenvalue weighted by atomic mass is 79.9. The van der Waals surface area contributed by atoms with Crippen molar-refractivity contribution in [2.45, 2.75) is 39.2 Å². The summed E-state index contributed by atoms with van der Waals surface area (Å²) < 4.78 is 7.04. The lowest BCUT2D eigenvalue weighted by Gasteiger charge is -2.34. The normalized spacial score (nSPS) is 18.6. The summed E-state index contributed by atoms with van der Waals surface area (Å²) in [5.74, 6) is 1.06. The predicted molar refractivity (Wildman–Crippen MR) is 79.3 cm³/mol. The molecule has 2 nitrogen and oxygen atoms in total. The molecule has 18 heavy (non-hydrogen) atoms. The first kappa shape index (κ1) is 13.9. The van der Waals surface area contributed by atoms with E-state index in [4.69, 9.17) is 4.74 Å². The molecule has 1 heterocycles. The Kier molecular flexibility index (Phi) is 5.07. The van der Waals surface area contributed by atoms with E-state index in [0.29, 0.717) is 6.04 Å². The molecule has 1 aliphatic rings. The lowest BCUT2D eigenvalue weighted by atomic mass is 10.0. The van der Waals surface area contributed by atoms with Crippen molar-refractivity contribution in [2.75, 3.05) is 19.7 Å². The highest BCUT2D eigenvalue weighted by Crippen LogP contribution is 2.29. The Morgan fingerprint density at radius 3 is 2.67 bits per heavy atom. The summed E-state index contributed by atoms with van der Waals surface area (Å²) in [7, 11) is 0. The van der Waals surface area contributed by atoms with E-state index in [9.17, 15) is 0 Å². The zero-order valence-corrected chi connectivity index (χ0v) is 12.9. The van der Waals surface area contributed by atoms with Crippen molar-refractivity contribution in [2.24, 2.45) is 0 Å². The molecule has 1 unspecified atom stereocenters. The highest BCUT2D eigenvalue weighted by Gasteiger charge is 2.24. The molecule has 1 aromatic rings. The first-order valence-electron chi connectivity index (χ1n) is 6.89. The van der Waals surface area contributed by atoms with Crippen LogP contribution in [0.1, 0.15) is 32.3 Å². The molecule has 0 aliphatic carbocycles. The van der Waals surface area contributed by atoms with Crippen LogP contribution in [0, 0.1) is 0 Å². The minimum Gasteiger partial charge on any atom is -0.492 e. The van der Waals surface area contributed by atoms with Gasteiger partial charge in [-0.15, -0.1) is 0 Å². The van der Waals surface area contributed by atoms with Crippen molar-refractivity contribution in [3.63, 3.8) is 0 Å². The van der Waals surface area contributed by atoms with Crippen LogP contribution in [0.2, 0.25) is 0 Å². The molecule has 0 bridgehead atoms. The number of hydrogen-bond donors (Lipinski definition) is 0. The average Bonchev–Trinajstić information content (AvgIpc) is 2.37. The Labute approximate surface area is 118 Å². The van der Waals surface area contributed by atoms with Crippen LogP contribution in [0.5, 0.6) is 5.75 Å². The first-order chi connectivity index (χ1) is 8.74. The Bertz CT molecular complexity index is 388. The Balaban J connectivity index is 2.09. The topological polar surface area (TPSA) is 12.5 Å². The summed E-state index contributed by atoms with van der Waals surface area (Å²) in [5, 5.41) is 0. The molecule has 2 rings (SSSR count). The molecule has 0 fully saturated rings. The van der Waals surface area contributed by atoms with E-state index in [0.717, 1.165) is 23.2 Å². The van der Waals surface area contributed by atoms with Crippen LogP contribution in [0.3, 0.4) is 0 Å². The maximum absolute atomic E-state index is 5.90. The Morgan fingerprint density at radius 1 is 1.28 bits per heavy atom. The van der Waals surface area contributed by atoms with Gasteiger partial charge in [0.05, 0.1) is 0 Å². The van der Waals surface area contributed by atoms with Gasteiger partial charge in [-0.1, -0.05) is 29.8 Å². The molecular formula is C15H22BrNO. The van der Waals surface area contributed by atoms with E-state index in [2.05, 4.69) is 52.9 Å². The van der Waals surface area contributed by atoms with E-state index in [1.807, 2.05) is 0 Å². The van der Waals surface area contributed by atoms with Gasteiger partial charge in [-0.05, 0) is 56.1 Å². The fourth-order valence-corrected chi connectivity index (χ4v) is 3.04. The Hall–Kier alpha value is -0.540. The van der Waals surface area contributed by atoms with Crippen LogP contribution >= 0.6 is 15.9 Å². The van der Waals surface area contributed by atoms with Crippen LogP contribution in [0.25, 0.3) is 0 Å². The number of hydrogen-bond acceptors (Lipinski definition) is 2. The van der Waals surface area contributed by atoms with Gasteiger partial charge in [-0.25, -0.2) is 0 Å². The third-order valence-electron chi connectivity index (χ3n) is 3.45. The van der Waals surface area contributed by atoms with Gasteiger partial charge in [0.2, 0.25) is 0 Å². The molecule has 1 aliphatic heterocycles. The molecular weight excluding hydrogens is 290 g/mol. The smallest absolute Gasteiger partial charge is 0.122 e. The zero-order valence-electron chi connectivity index (χ0n) is 11.3. The zero-order chi connectivity index (χ0) is 13.0. The van der Waals surface area contributed by atoms with Crippen LogP contribution in [-0.2, 0) is 6.42 Å². The lowest BCUT2D eigenvalue weighted by molar-refractivity contribution is 0.119. The summed E-state index contributed by atoms with van der Waals surface area (Å²) in [6.07, 6.45) is 3.53. The molecule has 0 amide bonds. The second-order valence-electron chi connectivity index (χ2n) is 4.96. The van der Waals surface area contributed by atoms with Gasteiger partial charge in [0.15, 0.2) is 0 Å². The molecule has 3 heteroatoms. The van der Waals surface area contributed by atoms with Gasteiger partial charge in [-0.3, -0.25) is 4.90 Å². The fraction of sp³-hybridized carbons (Fsp3) is 0.600. The van der Waals surface area contributed by atoms with Crippen LogP contribution in [-0.4, -0.2) is 30.6 Å². The van der Waals surface area contributed by atoms with Crippen molar-refractivity contribution >= 4 is 15.9 Å². The van der Waals surface area contributed by atoms with Gasteiger partial charge in [-0.2, -0.15) is 0 Å². The van der Waals surface area contributed by atoms with E-state index in [-0.39, 0.29) is 0 Å². The van der Waals surface area contributed by atoms with Gasteiger partial charge < -0.3 is 4.74 Å². The first-order valence-corrected chi connectivity index (χ1v) is 7.69. The summed E-state index contributed by atoms with van der Waals surface area (Å²) in [6, 6.07) is 6.85. The number of fused-ring (bicyclic) bond motifs is 1. The van der Waals surface area contributed by atoms with Crippen LogP contribution in [0.4, 0.5) is 0 Å². The second kappa shape index (κ2) is 6.58. The molecule has 1 atom stereocenters. The molecule has 0 N–H and O–H groups in total. The van der Waals surface area contributed by atoms with Gasteiger partial charge in [0.25, 0.3) is 0 Å². The summed E-state index contributed by atoms with van der Waals surface area (Å²) in [6.45, 7) is 7.67. The lowest BCUT2D eigenvalue weighted by Crippen LogP contribution is -2.43. The average molecular weight is 312 g/mol. The molecule has 100 valence electrons.